The van der Waals surface area contributed by atoms with E-state index in [1.54, 1.807) is 17.0 Å². The fourth-order valence-electron chi connectivity index (χ4n) is 4.03. The summed E-state index contributed by atoms with van der Waals surface area (Å²) in [5.74, 6) is 0. The second-order valence-electron chi connectivity index (χ2n) is 7.76. The van der Waals surface area contributed by atoms with Crippen LogP contribution in [0.1, 0.15) is 18.2 Å². The second-order valence-corrected chi connectivity index (χ2v) is 7.76. The molecule has 0 aliphatic carbocycles. The number of para-hydroxylation sites is 1. The van der Waals surface area contributed by atoms with Gasteiger partial charge in [0.25, 0.3) is 5.56 Å². The van der Waals surface area contributed by atoms with Crippen LogP contribution in [0.4, 0.5) is 0 Å². The molecule has 0 atom stereocenters. The van der Waals surface area contributed by atoms with E-state index in [-0.39, 0.29) is 5.56 Å². The average molecular weight is 434 g/mol. The van der Waals surface area contributed by atoms with Crippen molar-refractivity contribution in [2.75, 3.05) is 0 Å². The molecule has 5 heteroatoms. The first-order valence-electron chi connectivity index (χ1n) is 11.0. The van der Waals surface area contributed by atoms with Crippen LogP contribution in [0.15, 0.2) is 102 Å². The summed E-state index contributed by atoms with van der Waals surface area (Å²) in [7, 11) is 0. The van der Waals surface area contributed by atoms with Crippen molar-refractivity contribution in [2.45, 2.75) is 20.0 Å². The molecule has 5 aromatic rings. The molecule has 0 saturated heterocycles. The molecule has 0 amide bonds. The average Bonchev–Trinajstić information content (AvgIpc) is 2.88. The van der Waals surface area contributed by atoms with Crippen molar-refractivity contribution in [3.63, 3.8) is 0 Å². The summed E-state index contributed by atoms with van der Waals surface area (Å²) in [4.78, 5) is 22.5. The van der Waals surface area contributed by atoms with E-state index in [1.165, 1.54) is 0 Å². The van der Waals surface area contributed by atoms with E-state index in [1.807, 2.05) is 78.9 Å². The molecule has 0 saturated carbocycles. The molecule has 5 rings (SSSR count). The van der Waals surface area contributed by atoms with Gasteiger partial charge in [-0.05, 0) is 41.1 Å². The lowest BCUT2D eigenvalue weighted by molar-refractivity contribution is 0.281. The van der Waals surface area contributed by atoms with Gasteiger partial charge in [-0.2, -0.15) is 0 Å². The third kappa shape index (κ3) is 4.13. The number of benzene rings is 3. The van der Waals surface area contributed by atoms with Crippen molar-refractivity contribution in [2.24, 2.45) is 0 Å². The Bertz CT molecular complexity index is 1440. The van der Waals surface area contributed by atoms with Gasteiger partial charge in [0.15, 0.2) is 0 Å². The first kappa shape index (κ1) is 20.6. The lowest BCUT2D eigenvalue weighted by Gasteiger charge is -2.15. The standard InChI is InChI=1S/C28H23N3O2/c1-2-23-16-21-12-9-15-25(26(21)27(32)31(23)24-13-7-4-8-14-24)22-17-29-28(30-18-22)33-19-20-10-5-3-6-11-20/h3-18H,2,19H2,1H3. The zero-order valence-electron chi connectivity index (χ0n) is 18.3. The minimum absolute atomic E-state index is 0.0458. The van der Waals surface area contributed by atoms with Gasteiger partial charge >= 0.3 is 6.01 Å². The van der Waals surface area contributed by atoms with Crippen LogP contribution in [0.5, 0.6) is 6.01 Å². The number of rotatable bonds is 6. The summed E-state index contributed by atoms with van der Waals surface area (Å²) in [5.41, 5.74) is 4.41. The SMILES string of the molecule is CCc1cc2cccc(-c3cnc(OCc4ccccc4)nc3)c2c(=O)n1-c1ccccc1. The molecule has 0 aliphatic rings. The summed E-state index contributed by atoms with van der Waals surface area (Å²) < 4.78 is 7.51. The molecule has 0 radical (unpaired) electrons. The van der Waals surface area contributed by atoms with Crippen LogP contribution in [-0.2, 0) is 13.0 Å². The van der Waals surface area contributed by atoms with E-state index in [0.717, 1.165) is 39.9 Å². The van der Waals surface area contributed by atoms with Crippen LogP contribution in [0, 0.1) is 0 Å². The maximum Gasteiger partial charge on any atom is 0.316 e. The largest absolute Gasteiger partial charge is 0.459 e. The van der Waals surface area contributed by atoms with Gasteiger partial charge in [0.1, 0.15) is 6.61 Å². The van der Waals surface area contributed by atoms with Gasteiger partial charge < -0.3 is 4.74 Å². The Morgan fingerprint density at radius 1 is 0.848 bits per heavy atom. The Labute approximate surface area is 192 Å². The third-order valence-corrected chi connectivity index (χ3v) is 5.65. The predicted octanol–water partition coefficient (Wildman–Crippen LogP) is 5.59. The van der Waals surface area contributed by atoms with Crippen molar-refractivity contribution < 1.29 is 4.74 Å². The Morgan fingerprint density at radius 3 is 2.24 bits per heavy atom. The lowest BCUT2D eigenvalue weighted by atomic mass is 10.0. The maximum atomic E-state index is 13.7. The fraction of sp³-hybridized carbons (Fsp3) is 0.107. The van der Waals surface area contributed by atoms with E-state index in [4.69, 9.17) is 4.74 Å². The van der Waals surface area contributed by atoms with Crippen LogP contribution in [0.2, 0.25) is 0 Å². The topological polar surface area (TPSA) is 57.0 Å². The number of aromatic nitrogens is 3. The van der Waals surface area contributed by atoms with E-state index in [9.17, 15) is 4.79 Å². The highest BCUT2D eigenvalue weighted by Crippen LogP contribution is 2.27. The van der Waals surface area contributed by atoms with Gasteiger partial charge in [0, 0.05) is 29.3 Å². The smallest absolute Gasteiger partial charge is 0.316 e. The van der Waals surface area contributed by atoms with Gasteiger partial charge in [-0.25, -0.2) is 9.97 Å². The molecule has 5 nitrogen and oxygen atoms in total. The Hall–Kier alpha value is -4.25. The summed E-state index contributed by atoms with van der Waals surface area (Å²) in [6.45, 7) is 2.46. The number of hydrogen-bond acceptors (Lipinski definition) is 4. The number of hydrogen-bond donors (Lipinski definition) is 0. The molecule has 2 heterocycles. The molecule has 0 fully saturated rings. The van der Waals surface area contributed by atoms with Crippen molar-refractivity contribution >= 4 is 10.8 Å². The van der Waals surface area contributed by atoms with Gasteiger partial charge in [-0.3, -0.25) is 9.36 Å². The molecule has 162 valence electrons. The summed E-state index contributed by atoms with van der Waals surface area (Å²) in [6.07, 6.45) is 4.17. The maximum absolute atomic E-state index is 13.7. The summed E-state index contributed by atoms with van der Waals surface area (Å²) in [6, 6.07) is 27.9. The van der Waals surface area contributed by atoms with Crippen LogP contribution in [0.3, 0.4) is 0 Å². The van der Waals surface area contributed by atoms with Crippen molar-refractivity contribution in [1.29, 1.82) is 0 Å². The van der Waals surface area contributed by atoms with E-state index >= 15 is 0 Å². The summed E-state index contributed by atoms with van der Waals surface area (Å²) >= 11 is 0. The van der Waals surface area contributed by atoms with Crippen LogP contribution < -0.4 is 10.3 Å². The van der Waals surface area contributed by atoms with Crippen LogP contribution in [-0.4, -0.2) is 14.5 Å². The number of fused-ring (bicyclic) bond motifs is 1. The number of nitrogens with zero attached hydrogens (tertiary/aromatic N) is 3. The predicted molar refractivity (Wildman–Crippen MR) is 131 cm³/mol. The van der Waals surface area contributed by atoms with Gasteiger partial charge in [-0.1, -0.05) is 73.7 Å². The van der Waals surface area contributed by atoms with Gasteiger partial charge in [-0.15, -0.1) is 0 Å². The highest BCUT2D eigenvalue weighted by molar-refractivity contribution is 5.96. The molecule has 0 bridgehead atoms. The number of aryl methyl sites for hydroxylation is 1. The molecule has 3 aromatic carbocycles. The Balaban J connectivity index is 1.55. The molecular formula is C28H23N3O2. The van der Waals surface area contributed by atoms with Crippen molar-refractivity contribution in [1.82, 2.24) is 14.5 Å². The second kappa shape index (κ2) is 9.09. The third-order valence-electron chi connectivity index (χ3n) is 5.65. The zero-order chi connectivity index (χ0) is 22.6. The monoisotopic (exact) mass is 433 g/mol. The molecule has 33 heavy (non-hydrogen) atoms. The fourth-order valence-corrected chi connectivity index (χ4v) is 4.03. The Kier molecular flexibility index (Phi) is 5.68. The quantitative estimate of drug-likeness (QED) is 0.350. The highest BCUT2D eigenvalue weighted by Gasteiger charge is 2.15. The first-order chi connectivity index (χ1) is 16.2. The van der Waals surface area contributed by atoms with Crippen molar-refractivity contribution in [3.05, 3.63) is 119 Å². The van der Waals surface area contributed by atoms with E-state index in [2.05, 4.69) is 23.0 Å². The van der Waals surface area contributed by atoms with Crippen molar-refractivity contribution in [3.8, 4) is 22.8 Å². The highest BCUT2D eigenvalue weighted by atomic mass is 16.5. The molecule has 0 aliphatic heterocycles. The van der Waals surface area contributed by atoms with Gasteiger partial charge in [0.05, 0.1) is 5.39 Å². The molecule has 0 unspecified atom stereocenters. The molecule has 2 aromatic heterocycles. The van der Waals surface area contributed by atoms with E-state index in [0.29, 0.717) is 18.0 Å². The minimum atomic E-state index is -0.0458. The molecule has 0 spiro atoms. The van der Waals surface area contributed by atoms with Crippen LogP contribution >= 0.6 is 0 Å². The first-order valence-corrected chi connectivity index (χ1v) is 11.0. The number of ether oxygens (including phenoxy) is 1. The normalized spacial score (nSPS) is 10.9. The minimum Gasteiger partial charge on any atom is -0.459 e. The van der Waals surface area contributed by atoms with E-state index < -0.39 is 0 Å². The van der Waals surface area contributed by atoms with Crippen LogP contribution in [0.25, 0.3) is 27.6 Å². The molecular weight excluding hydrogens is 410 g/mol. The summed E-state index contributed by atoms with van der Waals surface area (Å²) in [5, 5.41) is 1.56. The molecule has 0 N–H and O–H groups in total. The Morgan fingerprint density at radius 2 is 1.55 bits per heavy atom. The van der Waals surface area contributed by atoms with Gasteiger partial charge in [0.2, 0.25) is 0 Å². The zero-order valence-corrected chi connectivity index (χ0v) is 18.3. The number of pyridine rings is 1. The lowest BCUT2D eigenvalue weighted by Crippen LogP contribution is -2.22.